The SMILES string of the molecule is C=C1c2cc(C)ccc2Cc2c(/C=C\C)ccc(N(C)CCCC)c21.CC.CCC. The Morgan fingerprint density at radius 2 is 1.73 bits per heavy atom. The molecule has 0 heterocycles. The minimum absolute atomic E-state index is 0.985. The molecule has 0 N–H and O–H groups in total. The molecule has 0 bridgehead atoms. The molecule has 2 aromatic rings. The largest absolute Gasteiger partial charge is 0.374 e. The Morgan fingerprint density at radius 1 is 1.07 bits per heavy atom. The first kappa shape index (κ1) is 25.8. The lowest BCUT2D eigenvalue weighted by atomic mass is 9.79. The van der Waals surface area contributed by atoms with Crippen molar-refractivity contribution in [3.05, 3.63) is 76.4 Å². The Balaban J connectivity index is 0.000000826. The monoisotopic (exact) mass is 405 g/mol. The Kier molecular flexibility index (Phi) is 11.3. The van der Waals surface area contributed by atoms with Gasteiger partial charge in [-0.1, -0.05) is 96.0 Å². The van der Waals surface area contributed by atoms with E-state index < -0.39 is 0 Å². The second kappa shape index (κ2) is 13.1. The van der Waals surface area contributed by atoms with Gasteiger partial charge in [0.15, 0.2) is 0 Å². The molecule has 0 radical (unpaired) electrons. The molecule has 30 heavy (non-hydrogen) atoms. The summed E-state index contributed by atoms with van der Waals surface area (Å²) in [5, 5.41) is 0. The minimum atomic E-state index is 0.985. The molecule has 0 aliphatic heterocycles. The molecular formula is C29H43N. The summed E-state index contributed by atoms with van der Waals surface area (Å²) >= 11 is 0. The number of anilines is 1. The average Bonchev–Trinajstić information content (AvgIpc) is 2.75. The van der Waals surface area contributed by atoms with Gasteiger partial charge in [0, 0.05) is 24.8 Å². The Labute approximate surface area is 186 Å². The number of rotatable bonds is 5. The second-order valence-corrected chi connectivity index (χ2v) is 7.83. The van der Waals surface area contributed by atoms with Gasteiger partial charge in [0.05, 0.1) is 0 Å². The first-order valence-corrected chi connectivity index (χ1v) is 11.8. The third kappa shape index (κ3) is 6.11. The van der Waals surface area contributed by atoms with E-state index in [2.05, 4.69) is 95.6 Å². The van der Waals surface area contributed by atoms with Gasteiger partial charge in [0.2, 0.25) is 0 Å². The maximum absolute atomic E-state index is 4.51. The van der Waals surface area contributed by atoms with Gasteiger partial charge in [-0.25, -0.2) is 0 Å². The summed E-state index contributed by atoms with van der Waals surface area (Å²) in [5.74, 6) is 0. The maximum atomic E-state index is 4.51. The van der Waals surface area contributed by atoms with E-state index in [4.69, 9.17) is 0 Å². The van der Waals surface area contributed by atoms with Gasteiger partial charge >= 0.3 is 0 Å². The number of allylic oxidation sites excluding steroid dienone is 1. The summed E-state index contributed by atoms with van der Waals surface area (Å²) in [6.45, 7) is 20.3. The number of fused-ring (bicyclic) bond motifs is 2. The zero-order valence-corrected chi connectivity index (χ0v) is 20.7. The molecule has 2 aromatic carbocycles. The second-order valence-electron chi connectivity index (χ2n) is 7.83. The number of nitrogens with zero attached hydrogens (tertiary/aromatic N) is 1. The smallest absolute Gasteiger partial charge is 0.0446 e. The van der Waals surface area contributed by atoms with Crippen LogP contribution in [-0.2, 0) is 6.42 Å². The predicted octanol–water partition coefficient (Wildman–Crippen LogP) is 8.67. The molecule has 164 valence electrons. The van der Waals surface area contributed by atoms with Gasteiger partial charge < -0.3 is 4.90 Å². The molecule has 0 spiro atoms. The molecule has 0 fully saturated rings. The summed E-state index contributed by atoms with van der Waals surface area (Å²) in [7, 11) is 2.21. The quantitative estimate of drug-likeness (QED) is 0.410. The zero-order valence-electron chi connectivity index (χ0n) is 20.7. The van der Waals surface area contributed by atoms with Gasteiger partial charge in [-0.3, -0.25) is 0 Å². The predicted molar refractivity (Wildman–Crippen MR) is 139 cm³/mol. The summed E-state index contributed by atoms with van der Waals surface area (Å²) in [5.41, 5.74) is 10.6. The highest BCUT2D eigenvalue weighted by Crippen LogP contribution is 2.42. The number of benzene rings is 2. The van der Waals surface area contributed by atoms with E-state index >= 15 is 0 Å². The average molecular weight is 406 g/mol. The van der Waals surface area contributed by atoms with Crippen LogP contribution in [0.4, 0.5) is 5.69 Å². The van der Waals surface area contributed by atoms with Crippen molar-refractivity contribution in [2.75, 3.05) is 18.5 Å². The lowest BCUT2D eigenvalue weighted by Crippen LogP contribution is -2.22. The number of hydrogen-bond donors (Lipinski definition) is 0. The van der Waals surface area contributed by atoms with E-state index in [1.165, 1.54) is 63.9 Å². The van der Waals surface area contributed by atoms with E-state index in [-0.39, 0.29) is 0 Å². The van der Waals surface area contributed by atoms with Crippen molar-refractivity contribution in [3.8, 4) is 0 Å². The highest BCUT2D eigenvalue weighted by Gasteiger charge is 2.24. The van der Waals surface area contributed by atoms with Crippen LogP contribution in [0.15, 0.2) is 43.0 Å². The van der Waals surface area contributed by atoms with E-state index in [9.17, 15) is 0 Å². The standard InChI is InChI=1S/C24H29N.C3H8.C2H6/c1-6-8-14-25(5)23-13-12-19(9-7-2)22-16-20-11-10-17(3)15-21(20)18(4)24(22)23;1-3-2;1-2/h7,9-13,15H,4,6,8,14,16H2,1-3,5H3;3H2,1-2H3;1-2H3/b9-7-;;. The third-order valence-electron chi connectivity index (χ3n) is 5.19. The van der Waals surface area contributed by atoms with Gasteiger partial charge in [0.1, 0.15) is 0 Å². The molecule has 1 heteroatoms. The summed E-state index contributed by atoms with van der Waals surface area (Å²) in [6.07, 6.45) is 9.01. The molecule has 1 nitrogen and oxygen atoms in total. The lowest BCUT2D eigenvalue weighted by molar-refractivity contribution is 0.765. The van der Waals surface area contributed by atoms with Gasteiger partial charge in [-0.05, 0) is 60.6 Å². The molecule has 0 unspecified atom stereocenters. The van der Waals surface area contributed by atoms with Crippen LogP contribution >= 0.6 is 0 Å². The van der Waals surface area contributed by atoms with Crippen molar-refractivity contribution in [2.24, 2.45) is 0 Å². The Bertz CT molecular complexity index is 842. The fourth-order valence-electron chi connectivity index (χ4n) is 3.80. The fraction of sp³-hybridized carbons (Fsp3) is 0.448. The van der Waals surface area contributed by atoms with Crippen LogP contribution in [0.3, 0.4) is 0 Å². The summed E-state index contributed by atoms with van der Waals surface area (Å²) in [6, 6.07) is 11.3. The fourth-order valence-corrected chi connectivity index (χ4v) is 3.80. The molecule has 3 rings (SSSR count). The molecule has 0 saturated carbocycles. The van der Waals surface area contributed by atoms with Crippen LogP contribution in [0, 0.1) is 6.92 Å². The van der Waals surface area contributed by atoms with Crippen LogP contribution in [0.25, 0.3) is 11.6 Å². The van der Waals surface area contributed by atoms with Crippen molar-refractivity contribution in [1.82, 2.24) is 0 Å². The molecule has 0 saturated heterocycles. The normalized spacial score (nSPS) is 11.7. The van der Waals surface area contributed by atoms with Crippen molar-refractivity contribution >= 4 is 17.3 Å². The zero-order chi connectivity index (χ0) is 22.7. The number of hydrogen-bond acceptors (Lipinski definition) is 1. The van der Waals surface area contributed by atoms with Crippen LogP contribution in [0.5, 0.6) is 0 Å². The van der Waals surface area contributed by atoms with Crippen LogP contribution < -0.4 is 4.90 Å². The summed E-state index contributed by atoms with van der Waals surface area (Å²) in [4.78, 5) is 2.40. The molecule has 0 atom stereocenters. The van der Waals surface area contributed by atoms with Gasteiger partial charge in [0.25, 0.3) is 0 Å². The maximum Gasteiger partial charge on any atom is 0.0446 e. The molecule has 0 aromatic heterocycles. The first-order valence-electron chi connectivity index (χ1n) is 11.8. The minimum Gasteiger partial charge on any atom is -0.374 e. The van der Waals surface area contributed by atoms with Crippen molar-refractivity contribution in [1.29, 1.82) is 0 Å². The van der Waals surface area contributed by atoms with E-state index in [1.54, 1.807) is 0 Å². The van der Waals surface area contributed by atoms with Crippen LogP contribution in [-0.4, -0.2) is 13.6 Å². The molecule has 0 amide bonds. The van der Waals surface area contributed by atoms with Gasteiger partial charge in [-0.15, -0.1) is 0 Å². The number of aryl methyl sites for hydroxylation is 1. The van der Waals surface area contributed by atoms with Gasteiger partial charge in [-0.2, -0.15) is 0 Å². The highest BCUT2D eigenvalue weighted by molar-refractivity contribution is 5.92. The van der Waals surface area contributed by atoms with Crippen molar-refractivity contribution in [3.63, 3.8) is 0 Å². The molecule has 1 aliphatic rings. The van der Waals surface area contributed by atoms with Crippen LogP contribution in [0.2, 0.25) is 0 Å². The topological polar surface area (TPSA) is 3.24 Å². The number of unbranched alkanes of at least 4 members (excludes halogenated alkanes) is 1. The van der Waals surface area contributed by atoms with Crippen molar-refractivity contribution < 1.29 is 0 Å². The Morgan fingerprint density at radius 3 is 2.33 bits per heavy atom. The van der Waals surface area contributed by atoms with Crippen LogP contribution in [0.1, 0.15) is 94.2 Å². The first-order chi connectivity index (χ1) is 14.5. The van der Waals surface area contributed by atoms with E-state index in [0.29, 0.717) is 0 Å². The summed E-state index contributed by atoms with van der Waals surface area (Å²) < 4.78 is 0. The lowest BCUT2D eigenvalue weighted by Gasteiger charge is -2.30. The molecule has 1 aliphatic carbocycles. The highest BCUT2D eigenvalue weighted by atomic mass is 15.1. The Hall–Kier alpha value is -2.28. The van der Waals surface area contributed by atoms with E-state index in [1.807, 2.05) is 13.8 Å². The van der Waals surface area contributed by atoms with E-state index in [0.717, 1.165) is 13.0 Å². The third-order valence-corrected chi connectivity index (χ3v) is 5.19. The van der Waals surface area contributed by atoms with Crippen molar-refractivity contribution in [2.45, 2.75) is 74.1 Å². The molecular weight excluding hydrogens is 362 g/mol.